The molecule has 6 nitrogen and oxygen atoms in total. The van der Waals surface area contributed by atoms with E-state index in [1.54, 1.807) is 22.3 Å². The smallest absolute Gasteiger partial charge is 0.272 e. The van der Waals surface area contributed by atoms with Crippen molar-refractivity contribution in [3.05, 3.63) is 59.1 Å². The van der Waals surface area contributed by atoms with E-state index in [9.17, 15) is 9.59 Å². The predicted molar refractivity (Wildman–Crippen MR) is 101 cm³/mol. The third kappa shape index (κ3) is 3.39. The topological polar surface area (TPSA) is 78.1 Å². The summed E-state index contributed by atoms with van der Waals surface area (Å²) in [5.74, 6) is -0.0736. The molecular formula is C19H18N4O2S. The number of anilines is 1. The number of H-pyrrole nitrogens is 1. The quantitative estimate of drug-likeness (QED) is 0.728. The molecule has 26 heavy (non-hydrogen) atoms. The second-order valence-electron chi connectivity index (χ2n) is 6.15. The lowest BCUT2D eigenvalue weighted by Gasteiger charge is -2.16. The molecule has 0 spiro atoms. The lowest BCUT2D eigenvalue weighted by atomic mass is 10.2. The zero-order chi connectivity index (χ0) is 17.9. The largest absolute Gasteiger partial charge is 0.347 e. The van der Waals surface area contributed by atoms with Gasteiger partial charge in [-0.2, -0.15) is 5.10 Å². The van der Waals surface area contributed by atoms with Crippen LogP contribution in [0.5, 0.6) is 0 Å². The van der Waals surface area contributed by atoms with Crippen LogP contribution in [0.3, 0.4) is 0 Å². The van der Waals surface area contributed by atoms with Crippen LogP contribution in [0.25, 0.3) is 10.6 Å². The number of hydrogen-bond donors (Lipinski definition) is 2. The number of carbonyl (C=O) groups excluding carboxylic acids is 2. The Balaban J connectivity index is 1.41. The number of nitrogens with zero attached hydrogens (tertiary/aromatic N) is 2. The highest BCUT2D eigenvalue weighted by Gasteiger charge is 2.21. The van der Waals surface area contributed by atoms with Crippen molar-refractivity contribution >= 4 is 28.8 Å². The van der Waals surface area contributed by atoms with Gasteiger partial charge in [0.1, 0.15) is 0 Å². The van der Waals surface area contributed by atoms with Crippen LogP contribution in [0.1, 0.15) is 28.9 Å². The predicted octanol–water partition coefficient (Wildman–Crippen LogP) is 3.20. The molecule has 2 N–H and O–H groups in total. The first-order valence-corrected chi connectivity index (χ1v) is 9.35. The van der Waals surface area contributed by atoms with Crippen LogP contribution in [-0.4, -0.2) is 28.6 Å². The molecule has 2 amide bonds. The summed E-state index contributed by atoms with van der Waals surface area (Å²) in [6.45, 7) is 1.14. The van der Waals surface area contributed by atoms with Crippen molar-refractivity contribution in [1.29, 1.82) is 0 Å². The van der Waals surface area contributed by atoms with Gasteiger partial charge in [0.05, 0.1) is 10.6 Å². The first-order chi connectivity index (χ1) is 12.7. The van der Waals surface area contributed by atoms with E-state index in [1.807, 2.05) is 41.8 Å². The Morgan fingerprint density at radius 3 is 2.96 bits per heavy atom. The molecule has 0 saturated carbocycles. The Labute approximate surface area is 154 Å². The van der Waals surface area contributed by atoms with Gasteiger partial charge in [-0.05, 0) is 41.6 Å². The summed E-state index contributed by atoms with van der Waals surface area (Å²) in [5, 5.41) is 11.8. The Morgan fingerprint density at radius 2 is 2.19 bits per heavy atom. The molecule has 4 rings (SSSR count). The highest BCUT2D eigenvalue weighted by Crippen LogP contribution is 2.23. The van der Waals surface area contributed by atoms with Crippen molar-refractivity contribution in [2.75, 3.05) is 11.4 Å². The molecule has 132 valence electrons. The van der Waals surface area contributed by atoms with Gasteiger partial charge in [0.2, 0.25) is 5.91 Å². The van der Waals surface area contributed by atoms with Gasteiger partial charge in [-0.15, -0.1) is 11.3 Å². The second kappa shape index (κ2) is 7.13. The number of aromatic amines is 1. The fraction of sp³-hybridized carbons (Fsp3) is 0.211. The molecule has 2 aromatic heterocycles. The SMILES string of the molecule is O=C(NCc1cccc(N2CCCC2=O)c1)c1cc(-c2cccs2)[nH]n1. The maximum Gasteiger partial charge on any atom is 0.272 e. The van der Waals surface area contributed by atoms with Gasteiger partial charge in [0, 0.05) is 25.2 Å². The summed E-state index contributed by atoms with van der Waals surface area (Å²) in [6, 6.07) is 13.4. The summed E-state index contributed by atoms with van der Waals surface area (Å²) in [5.41, 5.74) is 3.03. The standard InChI is InChI=1S/C19H18N4O2S/c24-18-7-2-8-23(18)14-5-1-4-13(10-14)12-20-19(25)16-11-15(21-22-16)17-6-3-9-26-17/h1,3-6,9-11H,2,7-8,12H2,(H,20,25)(H,21,22). The van der Waals surface area contributed by atoms with E-state index < -0.39 is 0 Å². The van der Waals surface area contributed by atoms with E-state index >= 15 is 0 Å². The van der Waals surface area contributed by atoms with Crippen molar-refractivity contribution in [3.63, 3.8) is 0 Å². The third-order valence-electron chi connectivity index (χ3n) is 4.35. The van der Waals surface area contributed by atoms with Crippen LogP contribution in [0.2, 0.25) is 0 Å². The Bertz CT molecular complexity index is 933. The zero-order valence-electron chi connectivity index (χ0n) is 14.1. The van der Waals surface area contributed by atoms with Crippen LogP contribution in [-0.2, 0) is 11.3 Å². The summed E-state index contributed by atoms with van der Waals surface area (Å²) in [6.07, 6.45) is 1.50. The van der Waals surface area contributed by atoms with E-state index in [0.717, 1.165) is 34.8 Å². The van der Waals surface area contributed by atoms with Gasteiger partial charge in [-0.3, -0.25) is 14.7 Å². The molecule has 0 unspecified atom stereocenters. The van der Waals surface area contributed by atoms with Gasteiger partial charge in [-0.1, -0.05) is 18.2 Å². The molecule has 1 fully saturated rings. The van der Waals surface area contributed by atoms with Gasteiger partial charge in [-0.25, -0.2) is 0 Å². The molecule has 1 aliphatic rings. The number of nitrogens with one attached hydrogen (secondary N) is 2. The summed E-state index contributed by atoms with van der Waals surface area (Å²) in [7, 11) is 0. The molecule has 3 heterocycles. The molecule has 1 saturated heterocycles. The van der Waals surface area contributed by atoms with Crippen molar-refractivity contribution in [1.82, 2.24) is 15.5 Å². The van der Waals surface area contributed by atoms with E-state index in [1.165, 1.54) is 0 Å². The number of hydrogen-bond acceptors (Lipinski definition) is 4. The number of thiophene rings is 1. The van der Waals surface area contributed by atoms with Crippen LogP contribution in [0.4, 0.5) is 5.69 Å². The average Bonchev–Trinajstić information content (AvgIpc) is 3.40. The first kappa shape index (κ1) is 16.5. The minimum atomic E-state index is -0.230. The zero-order valence-corrected chi connectivity index (χ0v) is 14.9. The van der Waals surface area contributed by atoms with Crippen molar-refractivity contribution in [3.8, 4) is 10.6 Å². The van der Waals surface area contributed by atoms with E-state index in [4.69, 9.17) is 0 Å². The molecule has 1 aromatic carbocycles. The molecule has 0 radical (unpaired) electrons. The van der Waals surface area contributed by atoms with Crippen molar-refractivity contribution < 1.29 is 9.59 Å². The average molecular weight is 366 g/mol. The van der Waals surface area contributed by atoms with Crippen molar-refractivity contribution in [2.45, 2.75) is 19.4 Å². The van der Waals surface area contributed by atoms with Crippen LogP contribution < -0.4 is 10.2 Å². The fourth-order valence-corrected chi connectivity index (χ4v) is 3.72. The first-order valence-electron chi connectivity index (χ1n) is 8.47. The minimum Gasteiger partial charge on any atom is -0.347 e. The van der Waals surface area contributed by atoms with Gasteiger partial charge >= 0.3 is 0 Å². The summed E-state index contributed by atoms with van der Waals surface area (Å²) in [4.78, 5) is 27.1. The molecular weight excluding hydrogens is 348 g/mol. The number of amides is 2. The fourth-order valence-electron chi connectivity index (χ4n) is 3.02. The number of benzene rings is 1. The van der Waals surface area contributed by atoms with E-state index in [-0.39, 0.29) is 11.8 Å². The van der Waals surface area contributed by atoms with Crippen LogP contribution >= 0.6 is 11.3 Å². The number of carbonyl (C=O) groups is 2. The van der Waals surface area contributed by atoms with Crippen molar-refractivity contribution in [2.24, 2.45) is 0 Å². The molecule has 0 bridgehead atoms. The molecule has 7 heteroatoms. The number of aromatic nitrogens is 2. The maximum absolute atomic E-state index is 12.3. The van der Waals surface area contributed by atoms with Crippen LogP contribution in [0.15, 0.2) is 47.8 Å². The summed E-state index contributed by atoms with van der Waals surface area (Å²) < 4.78 is 0. The Hall–Kier alpha value is -2.93. The molecule has 3 aromatic rings. The highest BCUT2D eigenvalue weighted by atomic mass is 32.1. The highest BCUT2D eigenvalue weighted by molar-refractivity contribution is 7.13. The molecule has 0 aliphatic carbocycles. The normalized spacial score (nSPS) is 14.0. The lowest BCUT2D eigenvalue weighted by Crippen LogP contribution is -2.25. The lowest BCUT2D eigenvalue weighted by molar-refractivity contribution is -0.117. The molecule has 0 atom stereocenters. The third-order valence-corrected chi connectivity index (χ3v) is 5.25. The minimum absolute atomic E-state index is 0.156. The Kier molecular flexibility index (Phi) is 4.53. The maximum atomic E-state index is 12.3. The van der Waals surface area contributed by atoms with Gasteiger partial charge < -0.3 is 10.2 Å². The second-order valence-corrected chi connectivity index (χ2v) is 7.09. The summed E-state index contributed by atoms with van der Waals surface area (Å²) >= 11 is 1.59. The van der Waals surface area contributed by atoms with Crippen LogP contribution in [0, 0.1) is 0 Å². The molecule has 1 aliphatic heterocycles. The van der Waals surface area contributed by atoms with Gasteiger partial charge in [0.15, 0.2) is 5.69 Å². The monoisotopic (exact) mass is 366 g/mol. The van der Waals surface area contributed by atoms with Gasteiger partial charge in [0.25, 0.3) is 5.91 Å². The van der Waals surface area contributed by atoms with E-state index in [2.05, 4.69) is 15.5 Å². The van der Waals surface area contributed by atoms with E-state index in [0.29, 0.717) is 18.7 Å². The Morgan fingerprint density at radius 1 is 1.27 bits per heavy atom. The number of rotatable bonds is 5.